The molecule has 0 saturated carbocycles. The van der Waals surface area contributed by atoms with Crippen molar-refractivity contribution >= 4 is 11.8 Å². The Morgan fingerprint density at radius 2 is 1.28 bits per heavy atom. The summed E-state index contributed by atoms with van der Waals surface area (Å²) >= 11 is 1.83. The second-order valence-electron chi connectivity index (χ2n) is 8.76. The van der Waals surface area contributed by atoms with Gasteiger partial charge in [-0.05, 0) is 35.3 Å². The lowest BCUT2D eigenvalue weighted by molar-refractivity contribution is 0.398. The molecule has 0 N–H and O–H groups in total. The fourth-order valence-electron chi connectivity index (χ4n) is 4.02. The summed E-state index contributed by atoms with van der Waals surface area (Å²) in [6.07, 6.45) is 2.15. The van der Waals surface area contributed by atoms with Gasteiger partial charge in [-0.25, -0.2) is 0 Å². The van der Waals surface area contributed by atoms with E-state index in [1.54, 1.807) is 7.11 Å². The number of hydrogen-bond acceptors (Lipinski definition) is 2. The van der Waals surface area contributed by atoms with E-state index in [0.717, 1.165) is 11.5 Å². The zero-order valence-corrected chi connectivity index (χ0v) is 19.3. The zero-order chi connectivity index (χ0) is 21.1. The van der Waals surface area contributed by atoms with Gasteiger partial charge in [0.25, 0.3) is 0 Å². The second-order valence-corrected chi connectivity index (χ2v) is 9.62. The highest BCUT2D eigenvalue weighted by molar-refractivity contribution is 7.97. The molecule has 29 heavy (non-hydrogen) atoms. The summed E-state index contributed by atoms with van der Waals surface area (Å²) in [6.45, 7) is 9.17. The highest BCUT2D eigenvalue weighted by atomic mass is 32.2. The van der Waals surface area contributed by atoms with Gasteiger partial charge in [0, 0.05) is 22.3 Å². The molecule has 0 bridgehead atoms. The van der Waals surface area contributed by atoms with Gasteiger partial charge < -0.3 is 4.74 Å². The van der Waals surface area contributed by atoms with E-state index in [1.807, 2.05) is 11.8 Å². The van der Waals surface area contributed by atoms with Crippen molar-refractivity contribution in [2.24, 2.45) is 0 Å². The summed E-state index contributed by atoms with van der Waals surface area (Å²) in [5.74, 6) is 1.93. The van der Waals surface area contributed by atoms with Crippen molar-refractivity contribution in [2.45, 2.75) is 44.3 Å². The minimum absolute atomic E-state index is 0.0580. The van der Waals surface area contributed by atoms with Gasteiger partial charge in [0.05, 0.1) is 7.11 Å². The van der Waals surface area contributed by atoms with Gasteiger partial charge in [0.15, 0.2) is 0 Å². The number of benzene rings is 3. The minimum Gasteiger partial charge on any atom is -0.496 e. The van der Waals surface area contributed by atoms with Gasteiger partial charge in [-0.1, -0.05) is 93.6 Å². The maximum absolute atomic E-state index is 6.07. The standard InChI is InChI=1S/C27H32OS/c1-26(2,3)23-17-20(19-29-6)25(28-5)24(18-23)27(4,21-13-9-7-10-14-21)22-15-11-8-12-16-22/h7-18H,19H2,1-6H3. The molecule has 0 aliphatic rings. The van der Waals surface area contributed by atoms with Gasteiger partial charge in [-0.3, -0.25) is 0 Å². The highest BCUT2D eigenvalue weighted by Gasteiger charge is 2.35. The lowest BCUT2D eigenvalue weighted by Gasteiger charge is -2.35. The zero-order valence-electron chi connectivity index (χ0n) is 18.5. The van der Waals surface area contributed by atoms with Crippen molar-refractivity contribution in [2.75, 3.05) is 13.4 Å². The molecule has 3 aromatic carbocycles. The van der Waals surface area contributed by atoms with Crippen LogP contribution in [0.15, 0.2) is 72.8 Å². The third kappa shape index (κ3) is 4.23. The van der Waals surface area contributed by atoms with Crippen LogP contribution in [0.2, 0.25) is 0 Å². The lowest BCUT2D eigenvalue weighted by atomic mass is 9.69. The molecule has 0 spiro atoms. The molecule has 2 heteroatoms. The molecule has 152 valence electrons. The summed E-state index contributed by atoms with van der Waals surface area (Å²) in [6, 6.07) is 26.3. The van der Waals surface area contributed by atoms with Crippen LogP contribution in [0.3, 0.4) is 0 Å². The number of hydrogen-bond donors (Lipinski definition) is 0. The summed E-state index contributed by atoms with van der Waals surface area (Å²) in [7, 11) is 1.80. The van der Waals surface area contributed by atoms with Crippen LogP contribution in [0.25, 0.3) is 0 Å². The first kappa shape index (κ1) is 21.5. The third-order valence-electron chi connectivity index (χ3n) is 5.78. The summed E-state index contributed by atoms with van der Waals surface area (Å²) in [5.41, 5.74) is 6.12. The quantitative estimate of drug-likeness (QED) is 0.401. The third-order valence-corrected chi connectivity index (χ3v) is 6.38. The molecule has 0 aliphatic carbocycles. The molecule has 0 heterocycles. The predicted octanol–water partition coefficient (Wildman–Crippen LogP) is 7.21. The molecule has 0 amide bonds. The molecule has 0 saturated heterocycles. The van der Waals surface area contributed by atoms with Gasteiger partial charge >= 0.3 is 0 Å². The molecule has 0 aromatic heterocycles. The van der Waals surface area contributed by atoms with Crippen LogP contribution in [-0.4, -0.2) is 13.4 Å². The average Bonchev–Trinajstić information content (AvgIpc) is 2.73. The smallest absolute Gasteiger partial charge is 0.127 e. The maximum atomic E-state index is 6.07. The van der Waals surface area contributed by atoms with Crippen molar-refractivity contribution in [3.8, 4) is 5.75 Å². The molecule has 1 nitrogen and oxygen atoms in total. The van der Waals surface area contributed by atoms with Crippen molar-refractivity contribution in [1.29, 1.82) is 0 Å². The van der Waals surface area contributed by atoms with Crippen LogP contribution >= 0.6 is 11.8 Å². The first-order chi connectivity index (χ1) is 13.8. The first-order valence-corrected chi connectivity index (χ1v) is 11.5. The fourth-order valence-corrected chi connectivity index (χ4v) is 4.54. The lowest BCUT2D eigenvalue weighted by Crippen LogP contribution is -2.27. The molecule has 0 fully saturated rings. The Morgan fingerprint density at radius 3 is 1.69 bits per heavy atom. The Labute approximate surface area is 180 Å². The van der Waals surface area contributed by atoms with E-state index >= 15 is 0 Å². The molecule has 0 atom stereocenters. The molecular weight excluding hydrogens is 372 g/mol. The van der Waals surface area contributed by atoms with Gasteiger partial charge in [0.1, 0.15) is 5.75 Å². The van der Waals surface area contributed by atoms with E-state index in [2.05, 4.69) is 107 Å². The molecule has 0 unspecified atom stereocenters. The average molecular weight is 405 g/mol. The molecule has 3 rings (SSSR count). The van der Waals surface area contributed by atoms with E-state index in [0.29, 0.717) is 0 Å². The Balaban J connectivity index is 2.40. The molecule has 0 radical (unpaired) electrons. The van der Waals surface area contributed by atoms with Gasteiger partial charge in [0.2, 0.25) is 0 Å². The Morgan fingerprint density at radius 1 is 0.759 bits per heavy atom. The van der Waals surface area contributed by atoms with E-state index in [4.69, 9.17) is 4.74 Å². The van der Waals surface area contributed by atoms with Crippen molar-refractivity contribution in [3.63, 3.8) is 0 Å². The van der Waals surface area contributed by atoms with Crippen molar-refractivity contribution < 1.29 is 4.74 Å². The molecule has 3 aromatic rings. The molecule has 0 aliphatic heterocycles. The first-order valence-electron chi connectivity index (χ1n) is 10.1. The number of thioether (sulfide) groups is 1. The van der Waals surface area contributed by atoms with Gasteiger partial charge in [-0.2, -0.15) is 11.8 Å². The minimum atomic E-state index is -0.317. The normalized spacial score (nSPS) is 12.1. The van der Waals surface area contributed by atoms with Crippen LogP contribution in [0.4, 0.5) is 0 Å². The summed E-state index contributed by atoms with van der Waals surface area (Å²) in [5, 5.41) is 0. The Kier molecular flexibility index (Phi) is 6.43. The topological polar surface area (TPSA) is 9.23 Å². The van der Waals surface area contributed by atoms with E-state index in [1.165, 1.54) is 27.8 Å². The SMILES string of the molecule is COc1c(CSC)cc(C(C)(C)C)cc1C(C)(c1ccccc1)c1ccccc1. The van der Waals surface area contributed by atoms with Crippen molar-refractivity contribution in [3.05, 3.63) is 101 Å². The largest absolute Gasteiger partial charge is 0.496 e. The summed E-state index contributed by atoms with van der Waals surface area (Å²) < 4.78 is 6.07. The van der Waals surface area contributed by atoms with Crippen LogP contribution in [-0.2, 0) is 16.6 Å². The Bertz CT molecular complexity index is 900. The number of rotatable bonds is 6. The van der Waals surface area contributed by atoms with Crippen LogP contribution in [0, 0.1) is 0 Å². The number of ether oxygens (including phenoxy) is 1. The second kappa shape index (κ2) is 8.67. The number of methoxy groups -OCH3 is 1. The Hall–Kier alpha value is -2.19. The van der Waals surface area contributed by atoms with Crippen LogP contribution in [0.1, 0.15) is 55.5 Å². The molecular formula is C27H32OS. The monoisotopic (exact) mass is 404 g/mol. The van der Waals surface area contributed by atoms with E-state index in [-0.39, 0.29) is 10.8 Å². The highest BCUT2D eigenvalue weighted by Crippen LogP contribution is 2.46. The van der Waals surface area contributed by atoms with Crippen molar-refractivity contribution in [1.82, 2.24) is 0 Å². The maximum Gasteiger partial charge on any atom is 0.127 e. The van der Waals surface area contributed by atoms with E-state index < -0.39 is 0 Å². The van der Waals surface area contributed by atoms with E-state index in [9.17, 15) is 0 Å². The van der Waals surface area contributed by atoms with Gasteiger partial charge in [-0.15, -0.1) is 0 Å². The van der Waals surface area contributed by atoms with Crippen LogP contribution in [0.5, 0.6) is 5.75 Å². The van der Waals surface area contributed by atoms with Crippen LogP contribution < -0.4 is 4.74 Å². The predicted molar refractivity (Wildman–Crippen MR) is 127 cm³/mol. The fraction of sp³-hybridized carbons (Fsp3) is 0.333. The summed E-state index contributed by atoms with van der Waals surface area (Å²) in [4.78, 5) is 0.